The molecular weight excluding hydrogens is 271 g/mol. The van der Waals surface area contributed by atoms with Crippen molar-refractivity contribution in [3.05, 3.63) is 28.5 Å². The summed E-state index contributed by atoms with van der Waals surface area (Å²) in [5.74, 6) is -0.297. The number of hydrogen-bond acceptors (Lipinski definition) is 2. The summed E-state index contributed by atoms with van der Waals surface area (Å²) >= 11 is 5.65. The van der Waals surface area contributed by atoms with E-state index in [0.717, 1.165) is 0 Å². The van der Waals surface area contributed by atoms with Gasteiger partial charge in [-0.05, 0) is 24.2 Å². The van der Waals surface area contributed by atoms with Crippen molar-refractivity contribution in [2.45, 2.75) is 38.9 Å². The lowest BCUT2D eigenvalue weighted by atomic mass is 10.2. The van der Waals surface area contributed by atoms with Gasteiger partial charge in [-0.3, -0.25) is 4.79 Å². The molecule has 100 valence electrons. The van der Waals surface area contributed by atoms with E-state index in [4.69, 9.17) is 16.0 Å². The van der Waals surface area contributed by atoms with Crippen molar-refractivity contribution in [2.75, 3.05) is 0 Å². The van der Waals surface area contributed by atoms with Crippen LogP contribution < -0.4 is 4.43 Å². The molecule has 0 heterocycles. The first-order chi connectivity index (χ1) is 8.08. The van der Waals surface area contributed by atoms with Gasteiger partial charge in [-0.1, -0.05) is 32.4 Å². The molecule has 5 heteroatoms. The van der Waals surface area contributed by atoms with Gasteiger partial charge in [-0.2, -0.15) is 0 Å². The fourth-order valence-corrected chi connectivity index (χ4v) is 2.36. The molecule has 1 rings (SSSR count). The Bertz CT molecular complexity index is 467. The summed E-state index contributed by atoms with van der Waals surface area (Å²) in [5.41, 5.74) is 0.284. The minimum Gasteiger partial charge on any atom is -0.543 e. The topological polar surface area (TPSA) is 26.3 Å². The molecule has 0 fully saturated rings. The number of carbonyl (C=O) groups is 1. The quantitative estimate of drug-likeness (QED) is 0.596. The van der Waals surface area contributed by atoms with Gasteiger partial charge in [0.15, 0.2) is 6.29 Å². The summed E-state index contributed by atoms with van der Waals surface area (Å²) in [4.78, 5) is 11.0. The Hall–Kier alpha value is -0.873. The molecule has 0 bridgehead atoms. The molecular formula is C13H18ClFO2Si. The molecule has 0 saturated heterocycles. The summed E-state index contributed by atoms with van der Waals surface area (Å²) in [6.07, 6.45) is 0.633. The van der Waals surface area contributed by atoms with Crippen LogP contribution in [-0.4, -0.2) is 14.6 Å². The molecule has 0 spiro atoms. The zero-order chi connectivity index (χ0) is 14.1. The number of benzene rings is 1. The van der Waals surface area contributed by atoms with E-state index >= 15 is 0 Å². The summed E-state index contributed by atoms with van der Waals surface area (Å²) in [6.45, 7) is 10.3. The number of carbonyl (C=O) groups excluding carboxylic acids is 1. The molecule has 0 atom stereocenters. The van der Waals surface area contributed by atoms with Crippen LogP contribution in [0.2, 0.25) is 23.2 Å². The van der Waals surface area contributed by atoms with Gasteiger partial charge >= 0.3 is 0 Å². The van der Waals surface area contributed by atoms with E-state index < -0.39 is 14.1 Å². The standard InChI is InChI=1S/C13H18ClFO2Si/c1-13(2,3)18(4,5)17-12-7-11(15)10(14)6-9(12)8-16/h6-8H,1-5H3. The molecule has 0 unspecified atom stereocenters. The van der Waals surface area contributed by atoms with Crippen molar-refractivity contribution >= 4 is 26.2 Å². The normalized spacial score (nSPS) is 12.4. The Kier molecular flexibility index (Phi) is 4.23. The predicted molar refractivity (Wildman–Crippen MR) is 74.6 cm³/mol. The van der Waals surface area contributed by atoms with Gasteiger partial charge in [-0.15, -0.1) is 0 Å². The summed E-state index contributed by atoms with van der Waals surface area (Å²) in [5, 5.41) is -0.0943. The predicted octanol–water partition coefficient (Wildman–Crippen LogP) is 4.68. The van der Waals surface area contributed by atoms with Gasteiger partial charge in [0.25, 0.3) is 8.32 Å². The number of rotatable bonds is 3. The Morgan fingerprint density at radius 1 is 1.33 bits per heavy atom. The maximum atomic E-state index is 13.5. The van der Waals surface area contributed by atoms with Crippen LogP contribution in [0.1, 0.15) is 31.1 Å². The van der Waals surface area contributed by atoms with Gasteiger partial charge < -0.3 is 4.43 Å². The Balaban J connectivity index is 3.19. The Morgan fingerprint density at radius 3 is 2.33 bits per heavy atom. The molecule has 0 aliphatic carbocycles. The first-order valence-electron chi connectivity index (χ1n) is 5.72. The third-order valence-electron chi connectivity index (χ3n) is 3.35. The molecule has 0 aliphatic heterocycles. The third-order valence-corrected chi connectivity index (χ3v) is 7.98. The van der Waals surface area contributed by atoms with Crippen LogP contribution in [0, 0.1) is 5.82 Å². The SMILES string of the molecule is CC(C)(C)[Si](C)(C)Oc1cc(F)c(Cl)cc1C=O. The van der Waals surface area contributed by atoms with E-state index in [1.807, 2.05) is 13.1 Å². The molecule has 0 N–H and O–H groups in total. The molecule has 0 aliphatic rings. The van der Waals surface area contributed by atoms with Crippen LogP contribution in [-0.2, 0) is 0 Å². The summed E-state index contributed by atoms with van der Waals surface area (Å²) < 4.78 is 19.4. The lowest BCUT2D eigenvalue weighted by Crippen LogP contribution is -2.44. The van der Waals surface area contributed by atoms with E-state index in [2.05, 4.69) is 20.8 Å². The van der Waals surface area contributed by atoms with Crippen molar-refractivity contribution in [1.82, 2.24) is 0 Å². The molecule has 1 aromatic carbocycles. The Morgan fingerprint density at radius 2 is 1.89 bits per heavy atom. The van der Waals surface area contributed by atoms with Crippen LogP contribution in [0.25, 0.3) is 0 Å². The highest BCUT2D eigenvalue weighted by atomic mass is 35.5. The van der Waals surface area contributed by atoms with Crippen LogP contribution in [0.5, 0.6) is 5.75 Å². The molecule has 0 aromatic heterocycles. The monoisotopic (exact) mass is 288 g/mol. The summed E-state index contributed by atoms with van der Waals surface area (Å²) in [7, 11) is -2.10. The first-order valence-corrected chi connectivity index (χ1v) is 9.00. The molecule has 1 aromatic rings. The lowest BCUT2D eigenvalue weighted by Gasteiger charge is -2.36. The average molecular weight is 289 g/mol. The van der Waals surface area contributed by atoms with E-state index in [0.29, 0.717) is 6.29 Å². The van der Waals surface area contributed by atoms with Gasteiger partial charge in [0.2, 0.25) is 0 Å². The van der Waals surface area contributed by atoms with Crippen LogP contribution in [0.4, 0.5) is 4.39 Å². The van der Waals surface area contributed by atoms with E-state index in [1.54, 1.807) is 0 Å². The van der Waals surface area contributed by atoms with Crippen LogP contribution >= 0.6 is 11.6 Å². The van der Waals surface area contributed by atoms with Crippen molar-refractivity contribution in [3.8, 4) is 5.75 Å². The number of aldehydes is 1. The highest BCUT2D eigenvalue weighted by Crippen LogP contribution is 2.38. The molecule has 0 amide bonds. The largest absolute Gasteiger partial charge is 0.543 e. The Labute approximate surface area is 113 Å². The second-order valence-corrected chi connectivity index (χ2v) is 10.9. The maximum Gasteiger partial charge on any atom is 0.250 e. The minimum absolute atomic E-state index is 0.0245. The second-order valence-electron chi connectivity index (χ2n) is 5.78. The number of halogens is 2. The highest BCUT2D eigenvalue weighted by Gasteiger charge is 2.39. The van der Waals surface area contributed by atoms with Gasteiger partial charge in [0, 0.05) is 6.07 Å². The molecule has 2 nitrogen and oxygen atoms in total. The van der Waals surface area contributed by atoms with Crippen molar-refractivity contribution in [3.63, 3.8) is 0 Å². The van der Waals surface area contributed by atoms with E-state index in [-0.39, 0.29) is 21.4 Å². The first kappa shape index (κ1) is 15.2. The lowest BCUT2D eigenvalue weighted by molar-refractivity contribution is 0.112. The van der Waals surface area contributed by atoms with Crippen molar-refractivity contribution in [1.29, 1.82) is 0 Å². The van der Waals surface area contributed by atoms with Crippen LogP contribution in [0.15, 0.2) is 12.1 Å². The molecule has 0 radical (unpaired) electrons. The van der Waals surface area contributed by atoms with E-state index in [9.17, 15) is 9.18 Å². The zero-order valence-electron chi connectivity index (χ0n) is 11.3. The fourth-order valence-electron chi connectivity index (χ4n) is 1.15. The summed E-state index contributed by atoms with van der Waals surface area (Å²) in [6, 6.07) is 2.49. The van der Waals surface area contributed by atoms with Gasteiger partial charge in [0.1, 0.15) is 11.6 Å². The second kappa shape index (κ2) is 5.01. The van der Waals surface area contributed by atoms with Crippen LogP contribution in [0.3, 0.4) is 0 Å². The van der Waals surface area contributed by atoms with Gasteiger partial charge in [-0.25, -0.2) is 4.39 Å². The third kappa shape index (κ3) is 3.12. The van der Waals surface area contributed by atoms with Crippen molar-refractivity contribution < 1.29 is 13.6 Å². The molecule has 0 saturated carbocycles. The zero-order valence-corrected chi connectivity index (χ0v) is 13.1. The number of hydrogen-bond donors (Lipinski definition) is 0. The minimum atomic E-state index is -2.10. The van der Waals surface area contributed by atoms with Crippen molar-refractivity contribution in [2.24, 2.45) is 0 Å². The van der Waals surface area contributed by atoms with E-state index in [1.165, 1.54) is 12.1 Å². The maximum absolute atomic E-state index is 13.5. The molecule has 18 heavy (non-hydrogen) atoms. The highest BCUT2D eigenvalue weighted by molar-refractivity contribution is 6.74. The smallest absolute Gasteiger partial charge is 0.250 e. The average Bonchev–Trinajstić information content (AvgIpc) is 2.21. The fraction of sp³-hybridized carbons (Fsp3) is 0.462. The van der Waals surface area contributed by atoms with Gasteiger partial charge in [0.05, 0.1) is 10.6 Å².